The molecule has 0 N–H and O–H groups in total. The molecule has 0 fully saturated rings. The van der Waals surface area contributed by atoms with Crippen LogP contribution in [0.5, 0.6) is 0 Å². The fourth-order valence-corrected chi connectivity index (χ4v) is 17.2. The molecule has 494 valence electrons. The second-order valence-corrected chi connectivity index (χ2v) is 29.7. The van der Waals surface area contributed by atoms with E-state index in [0.29, 0.717) is 27.5 Å². The van der Waals surface area contributed by atoms with Gasteiger partial charge in [0.2, 0.25) is 5.43 Å². The van der Waals surface area contributed by atoms with Crippen molar-refractivity contribution in [2.75, 3.05) is 22.9 Å². The maximum Gasteiger partial charge on any atom is 0.346 e. The van der Waals surface area contributed by atoms with Gasteiger partial charge >= 0.3 is 5.63 Å². The molecule has 12 aromatic carbocycles. The summed E-state index contributed by atoms with van der Waals surface area (Å²) in [5, 5.41) is 8.06. The molecule has 17 aromatic rings. The number of thiazole rings is 1. The van der Waals surface area contributed by atoms with Crippen LogP contribution in [-0.2, 0) is 16.2 Å². The SMILES string of the molecule is C.CC1(C)CCN2CCC(C)(C)c3c2c1cc1cc(-c2nc4ccccc4s2)c(=O)oc31.CC1(C)c2ccccc2N(c2ccc3c(=O)c4ccccc4oc3c2)c2ccccc21.c1cc(-c2cccc(-n3c4ccccc4c4ccccc43)c2)cc(-n2c3ccccc3c3ccccc32)c1. The first-order valence-corrected chi connectivity index (χ1v) is 35.4. The van der Waals surface area contributed by atoms with Gasteiger partial charge in [0.05, 0.1) is 60.0 Å². The molecule has 0 radical (unpaired) electrons. The van der Waals surface area contributed by atoms with Gasteiger partial charge in [-0.2, -0.15) is 0 Å². The second-order valence-electron chi connectivity index (χ2n) is 28.7. The normalized spacial score (nSPS) is 14.7. The van der Waals surface area contributed by atoms with E-state index in [0.717, 1.165) is 69.2 Å². The second kappa shape index (κ2) is 24.1. The first-order chi connectivity index (χ1) is 48.7. The quantitative estimate of drug-likeness (QED) is 0.125. The first-order valence-electron chi connectivity index (χ1n) is 34.6. The Morgan fingerprint density at radius 3 is 1.50 bits per heavy atom. The summed E-state index contributed by atoms with van der Waals surface area (Å²) in [4.78, 5) is 35.6. The highest BCUT2D eigenvalue weighted by atomic mass is 32.1. The molecule has 0 unspecified atom stereocenters. The number of nitrogens with zero attached hydrogens (tertiary/aromatic N) is 5. The summed E-state index contributed by atoms with van der Waals surface area (Å²) in [6, 6.07) is 95.1. The fraction of sp³-hybridized carbons (Fsp3) is 0.154. The van der Waals surface area contributed by atoms with Crippen molar-refractivity contribution in [3.05, 3.63) is 316 Å². The Balaban J connectivity index is 0.000000113. The van der Waals surface area contributed by atoms with Crippen LogP contribution in [0, 0.1) is 0 Å². The molecular weight excluding hydrogens is 1260 g/mol. The molecule has 3 aliphatic heterocycles. The van der Waals surface area contributed by atoms with Gasteiger partial charge in [-0.15, -0.1) is 11.3 Å². The average molecular weight is 1330 g/mol. The molecular formula is C91H75N5O4S. The smallest absolute Gasteiger partial charge is 0.346 e. The lowest BCUT2D eigenvalue weighted by molar-refractivity contribution is 0.398. The summed E-state index contributed by atoms with van der Waals surface area (Å²) in [6.45, 7) is 15.9. The van der Waals surface area contributed by atoms with Gasteiger partial charge in [0.1, 0.15) is 21.8 Å². The molecule has 9 nitrogen and oxygen atoms in total. The van der Waals surface area contributed by atoms with Crippen LogP contribution in [0.1, 0.15) is 84.1 Å². The van der Waals surface area contributed by atoms with Gasteiger partial charge < -0.3 is 27.8 Å². The van der Waals surface area contributed by atoms with E-state index in [9.17, 15) is 9.59 Å². The maximum atomic E-state index is 13.2. The van der Waals surface area contributed by atoms with Crippen molar-refractivity contribution in [1.82, 2.24) is 14.1 Å². The highest BCUT2D eigenvalue weighted by Crippen LogP contribution is 2.54. The third kappa shape index (κ3) is 10.3. The van der Waals surface area contributed by atoms with Gasteiger partial charge in [-0.3, -0.25) is 4.79 Å². The van der Waals surface area contributed by atoms with Gasteiger partial charge in [-0.05, 0) is 161 Å². The van der Waals surface area contributed by atoms with E-state index in [4.69, 9.17) is 13.8 Å². The molecule has 0 amide bonds. The summed E-state index contributed by atoms with van der Waals surface area (Å²) in [5.74, 6) is 0. The molecule has 0 spiro atoms. The van der Waals surface area contributed by atoms with Crippen molar-refractivity contribution < 1.29 is 8.83 Å². The van der Waals surface area contributed by atoms with Crippen molar-refractivity contribution >= 4 is 121 Å². The monoisotopic (exact) mass is 1330 g/mol. The zero-order chi connectivity index (χ0) is 67.8. The Morgan fingerprint density at radius 1 is 0.426 bits per heavy atom. The molecule has 0 saturated carbocycles. The topological polar surface area (TPSA) is 89.7 Å². The molecule has 10 heteroatoms. The molecule has 5 aromatic heterocycles. The maximum absolute atomic E-state index is 13.2. The van der Waals surface area contributed by atoms with E-state index >= 15 is 0 Å². The van der Waals surface area contributed by atoms with E-state index in [-0.39, 0.29) is 34.7 Å². The number of anilines is 4. The van der Waals surface area contributed by atoms with Crippen molar-refractivity contribution in [3.63, 3.8) is 0 Å². The molecule has 8 heterocycles. The third-order valence-corrected chi connectivity index (χ3v) is 22.5. The predicted octanol–water partition coefficient (Wildman–Crippen LogP) is 23.5. The molecule has 3 aliphatic rings. The van der Waals surface area contributed by atoms with Crippen LogP contribution in [0.25, 0.3) is 120 Å². The minimum absolute atomic E-state index is 0. The summed E-state index contributed by atoms with van der Waals surface area (Å²) in [6.07, 6.45) is 2.19. The van der Waals surface area contributed by atoms with Crippen LogP contribution in [0.4, 0.5) is 22.7 Å². The van der Waals surface area contributed by atoms with Gasteiger partial charge in [-0.25, -0.2) is 9.78 Å². The lowest BCUT2D eigenvalue weighted by Crippen LogP contribution is -2.44. The van der Waals surface area contributed by atoms with E-state index < -0.39 is 0 Å². The number of rotatable bonds is 5. The van der Waals surface area contributed by atoms with Crippen LogP contribution >= 0.6 is 11.3 Å². The van der Waals surface area contributed by atoms with Gasteiger partial charge in [0.25, 0.3) is 0 Å². The Morgan fingerprint density at radius 2 is 0.921 bits per heavy atom. The largest absolute Gasteiger partial charge is 0.456 e. The van der Waals surface area contributed by atoms with Crippen LogP contribution in [0.2, 0.25) is 0 Å². The lowest BCUT2D eigenvalue weighted by Gasteiger charge is -2.48. The minimum Gasteiger partial charge on any atom is -0.456 e. The van der Waals surface area contributed by atoms with Crippen LogP contribution in [0.15, 0.2) is 291 Å². The van der Waals surface area contributed by atoms with Gasteiger partial charge in [-0.1, -0.05) is 207 Å². The number of hydrogen-bond donors (Lipinski definition) is 0. The molecule has 0 aliphatic carbocycles. The summed E-state index contributed by atoms with van der Waals surface area (Å²) in [7, 11) is 0. The molecule has 20 rings (SSSR count). The Kier molecular flexibility index (Phi) is 15.0. The highest BCUT2D eigenvalue weighted by molar-refractivity contribution is 7.21. The first kappa shape index (κ1) is 62.9. The lowest BCUT2D eigenvalue weighted by atomic mass is 9.69. The van der Waals surface area contributed by atoms with Crippen molar-refractivity contribution in [2.24, 2.45) is 0 Å². The van der Waals surface area contributed by atoms with Gasteiger partial charge in [0, 0.05) is 79.8 Å². The van der Waals surface area contributed by atoms with E-state index in [1.165, 1.54) is 94.1 Å². The number of benzene rings is 12. The minimum atomic E-state index is -0.300. The van der Waals surface area contributed by atoms with Crippen LogP contribution < -0.4 is 20.9 Å². The van der Waals surface area contributed by atoms with Crippen molar-refractivity contribution in [2.45, 2.75) is 78.1 Å². The van der Waals surface area contributed by atoms with Crippen molar-refractivity contribution in [1.29, 1.82) is 0 Å². The van der Waals surface area contributed by atoms with Crippen LogP contribution in [-0.4, -0.2) is 27.2 Å². The number of para-hydroxylation sites is 8. The fourth-order valence-electron chi connectivity index (χ4n) is 16.2. The third-order valence-electron chi connectivity index (χ3n) is 21.4. The highest BCUT2D eigenvalue weighted by Gasteiger charge is 2.42. The van der Waals surface area contributed by atoms with Gasteiger partial charge in [0.15, 0.2) is 0 Å². The summed E-state index contributed by atoms with van der Waals surface area (Å²) < 4.78 is 18.1. The Hall–Kier alpha value is -11.6. The number of aromatic nitrogens is 3. The van der Waals surface area contributed by atoms with E-state index in [1.807, 2.05) is 72.8 Å². The Bertz CT molecular complexity index is 5970. The van der Waals surface area contributed by atoms with E-state index in [1.54, 1.807) is 11.3 Å². The zero-order valence-electron chi connectivity index (χ0n) is 56.6. The zero-order valence-corrected chi connectivity index (χ0v) is 57.4. The Labute approximate surface area is 590 Å². The number of hydrogen-bond acceptors (Lipinski definition) is 8. The van der Waals surface area contributed by atoms with Crippen molar-refractivity contribution in [3.8, 4) is 33.1 Å². The molecule has 0 saturated heterocycles. The summed E-state index contributed by atoms with van der Waals surface area (Å²) in [5.41, 5.74) is 22.4. The molecule has 101 heavy (non-hydrogen) atoms. The molecule has 0 atom stereocenters. The predicted molar refractivity (Wildman–Crippen MR) is 423 cm³/mol. The molecule has 0 bridgehead atoms. The standard InChI is InChI=1S/C36H24N2.C28H21NO2.C26H26N2O2S.CH4/c1-5-19-33-29(15-1)30-16-2-6-20-34(30)37(33)27-13-9-11-25(23-27)26-12-10-14-28(24-26)38-35-21-7-3-17-31(35)32-18-4-8-22-36(32)38;1-28(2)21-10-4-6-12-23(21)29(24-13-7-5-11-22(24)28)18-15-16-20-26(17-18)31-25-14-8-3-9-19(25)27(20)30;1-25(2)9-11-28-12-10-26(3,4)20-21(28)17(25)14-15-13-16(24(29)30-22(15)20)23-27-18-7-5-6-8-19(18)31-23;/h1-24H;3-17H,1-2H3;5-8,13-14H,9-12H2,1-4H3;1H4. The number of fused-ring (bicyclic) bond motifs is 13. The van der Waals surface area contributed by atoms with E-state index in [2.05, 4.69) is 261 Å². The van der Waals surface area contributed by atoms with Crippen LogP contribution in [0.3, 0.4) is 0 Å². The average Bonchev–Trinajstić information content (AvgIpc) is 1.57. The summed E-state index contributed by atoms with van der Waals surface area (Å²) >= 11 is 1.54.